The van der Waals surface area contributed by atoms with Crippen molar-refractivity contribution in [3.05, 3.63) is 36.2 Å². The molecule has 0 aliphatic heterocycles. The number of rotatable bonds is 3. The number of nitrogens with zero attached hydrogens (tertiary/aromatic N) is 2. The molecule has 0 saturated carbocycles. The van der Waals surface area contributed by atoms with Gasteiger partial charge in [-0.3, -0.25) is 0 Å². The Labute approximate surface area is 77.3 Å². The molecule has 1 aromatic heterocycles. The van der Waals surface area contributed by atoms with Crippen LogP contribution in [0.15, 0.2) is 24.9 Å². The number of ether oxygens (including phenoxy) is 1. The number of hydrogen-bond acceptors (Lipinski definition) is 3. The fourth-order valence-electron chi connectivity index (χ4n) is 0.923. The van der Waals surface area contributed by atoms with Crippen molar-refractivity contribution in [3.63, 3.8) is 0 Å². The van der Waals surface area contributed by atoms with E-state index in [0.717, 1.165) is 5.56 Å². The van der Waals surface area contributed by atoms with Crippen molar-refractivity contribution in [1.29, 1.82) is 5.26 Å². The van der Waals surface area contributed by atoms with Gasteiger partial charge in [0.25, 0.3) is 0 Å². The molecule has 0 radical (unpaired) electrons. The summed E-state index contributed by atoms with van der Waals surface area (Å²) in [5.41, 5.74) is 1.17. The zero-order chi connectivity index (χ0) is 9.68. The molecule has 13 heavy (non-hydrogen) atoms. The van der Waals surface area contributed by atoms with Crippen molar-refractivity contribution in [2.75, 3.05) is 6.61 Å². The Morgan fingerprint density at radius 1 is 1.77 bits per heavy atom. The molecule has 1 rings (SSSR count). The van der Waals surface area contributed by atoms with Gasteiger partial charge in [-0.15, -0.1) is 0 Å². The number of pyridine rings is 1. The summed E-state index contributed by atoms with van der Waals surface area (Å²) in [5.74, 6) is 0.571. The summed E-state index contributed by atoms with van der Waals surface area (Å²) >= 11 is 0. The Balaban J connectivity index is 2.90. The average molecular weight is 174 g/mol. The highest BCUT2D eigenvalue weighted by Gasteiger charge is 2.00. The van der Waals surface area contributed by atoms with E-state index < -0.39 is 0 Å². The van der Waals surface area contributed by atoms with Crippen molar-refractivity contribution >= 4 is 5.76 Å². The molecular weight excluding hydrogens is 164 g/mol. The van der Waals surface area contributed by atoms with Crippen molar-refractivity contribution in [2.24, 2.45) is 0 Å². The first kappa shape index (κ1) is 9.27. The molecule has 0 N–H and O–H groups in total. The molecule has 0 unspecified atom stereocenters. The highest BCUT2D eigenvalue weighted by Crippen LogP contribution is 2.13. The van der Waals surface area contributed by atoms with Crippen LogP contribution in [-0.4, -0.2) is 11.6 Å². The van der Waals surface area contributed by atoms with Crippen LogP contribution in [0.3, 0.4) is 0 Å². The van der Waals surface area contributed by atoms with Crippen LogP contribution in [0.5, 0.6) is 0 Å². The third kappa shape index (κ3) is 2.31. The van der Waals surface area contributed by atoms with Crippen LogP contribution < -0.4 is 0 Å². The molecule has 66 valence electrons. The summed E-state index contributed by atoms with van der Waals surface area (Å²) in [4.78, 5) is 3.84. The molecule has 0 atom stereocenters. The second-order valence-electron chi connectivity index (χ2n) is 2.40. The van der Waals surface area contributed by atoms with E-state index in [1.807, 2.05) is 13.0 Å². The van der Waals surface area contributed by atoms with Gasteiger partial charge in [0, 0.05) is 11.8 Å². The van der Waals surface area contributed by atoms with E-state index in [-0.39, 0.29) is 0 Å². The minimum atomic E-state index is 0.373. The maximum absolute atomic E-state index is 8.59. The van der Waals surface area contributed by atoms with Gasteiger partial charge in [0.05, 0.1) is 6.61 Å². The first-order valence-electron chi connectivity index (χ1n) is 3.96. The van der Waals surface area contributed by atoms with Crippen LogP contribution >= 0.6 is 0 Å². The van der Waals surface area contributed by atoms with E-state index in [1.54, 1.807) is 18.3 Å². The molecule has 0 saturated heterocycles. The molecule has 0 bridgehead atoms. The zero-order valence-electron chi connectivity index (χ0n) is 7.45. The first-order chi connectivity index (χ1) is 6.27. The Kier molecular flexibility index (Phi) is 3.04. The van der Waals surface area contributed by atoms with Gasteiger partial charge in [-0.2, -0.15) is 5.26 Å². The van der Waals surface area contributed by atoms with E-state index in [1.165, 1.54) is 0 Å². The van der Waals surface area contributed by atoms with Gasteiger partial charge in [0.2, 0.25) is 0 Å². The van der Waals surface area contributed by atoms with E-state index in [0.29, 0.717) is 18.1 Å². The fourth-order valence-corrected chi connectivity index (χ4v) is 0.923. The van der Waals surface area contributed by atoms with Crippen LogP contribution in [0.4, 0.5) is 0 Å². The highest BCUT2D eigenvalue weighted by atomic mass is 16.5. The van der Waals surface area contributed by atoms with Gasteiger partial charge in [-0.05, 0) is 19.1 Å². The van der Waals surface area contributed by atoms with Crippen LogP contribution in [0, 0.1) is 11.3 Å². The van der Waals surface area contributed by atoms with Crippen LogP contribution in [0.25, 0.3) is 5.76 Å². The third-order valence-corrected chi connectivity index (χ3v) is 1.52. The Bertz CT molecular complexity index is 352. The van der Waals surface area contributed by atoms with Crippen molar-refractivity contribution in [3.8, 4) is 6.07 Å². The summed E-state index contributed by atoms with van der Waals surface area (Å²) in [6.45, 7) is 6.19. The number of nitriles is 1. The Morgan fingerprint density at radius 2 is 2.54 bits per heavy atom. The van der Waals surface area contributed by atoms with Crippen LogP contribution in [0.1, 0.15) is 18.2 Å². The van der Waals surface area contributed by atoms with E-state index in [2.05, 4.69) is 11.6 Å². The van der Waals surface area contributed by atoms with E-state index in [4.69, 9.17) is 10.00 Å². The lowest BCUT2D eigenvalue weighted by Crippen LogP contribution is -1.91. The average Bonchev–Trinajstić information content (AvgIpc) is 2.18. The monoisotopic (exact) mass is 174 g/mol. The summed E-state index contributed by atoms with van der Waals surface area (Å²) in [6, 6.07) is 5.37. The highest BCUT2D eigenvalue weighted by molar-refractivity contribution is 5.57. The zero-order valence-corrected chi connectivity index (χ0v) is 7.45. The van der Waals surface area contributed by atoms with Crippen molar-refractivity contribution in [1.82, 2.24) is 4.98 Å². The molecule has 0 aromatic carbocycles. The lowest BCUT2D eigenvalue weighted by molar-refractivity contribution is 0.299. The molecule has 1 heterocycles. The summed E-state index contributed by atoms with van der Waals surface area (Å²) in [7, 11) is 0. The number of aromatic nitrogens is 1. The van der Waals surface area contributed by atoms with Gasteiger partial charge in [0.1, 0.15) is 17.5 Å². The second kappa shape index (κ2) is 4.27. The van der Waals surface area contributed by atoms with Crippen molar-refractivity contribution < 1.29 is 4.74 Å². The minimum absolute atomic E-state index is 0.373. The smallest absolute Gasteiger partial charge is 0.141 e. The maximum atomic E-state index is 8.59. The molecule has 1 aromatic rings. The molecule has 0 spiro atoms. The van der Waals surface area contributed by atoms with Gasteiger partial charge in [0.15, 0.2) is 0 Å². The summed E-state index contributed by atoms with van der Waals surface area (Å²) in [6.07, 6.45) is 1.57. The molecule has 0 aliphatic rings. The Morgan fingerprint density at radius 3 is 3.15 bits per heavy atom. The summed E-state index contributed by atoms with van der Waals surface area (Å²) in [5, 5.41) is 8.59. The first-order valence-corrected chi connectivity index (χ1v) is 3.96. The Hall–Kier alpha value is -1.82. The predicted octanol–water partition coefficient (Wildman–Crippen LogP) is 1.96. The topological polar surface area (TPSA) is 45.9 Å². The molecule has 3 heteroatoms. The second-order valence-corrected chi connectivity index (χ2v) is 2.40. The van der Waals surface area contributed by atoms with Gasteiger partial charge < -0.3 is 4.74 Å². The van der Waals surface area contributed by atoms with Crippen LogP contribution in [0.2, 0.25) is 0 Å². The number of hydrogen-bond donors (Lipinski definition) is 0. The van der Waals surface area contributed by atoms with Gasteiger partial charge >= 0.3 is 0 Å². The van der Waals surface area contributed by atoms with Crippen molar-refractivity contribution in [2.45, 2.75) is 6.92 Å². The largest absolute Gasteiger partial charge is 0.494 e. The lowest BCUT2D eigenvalue weighted by Gasteiger charge is -2.05. The SMILES string of the molecule is C=C(OCC)c1ccnc(C#N)c1. The predicted molar refractivity (Wildman–Crippen MR) is 49.6 cm³/mol. The fraction of sp³-hybridized carbons (Fsp3) is 0.200. The molecule has 3 nitrogen and oxygen atoms in total. The van der Waals surface area contributed by atoms with Crippen LogP contribution in [-0.2, 0) is 4.74 Å². The summed E-state index contributed by atoms with van der Waals surface area (Å²) < 4.78 is 5.20. The molecular formula is C10H10N2O. The third-order valence-electron chi connectivity index (χ3n) is 1.52. The molecule has 0 fully saturated rings. The van der Waals surface area contributed by atoms with E-state index in [9.17, 15) is 0 Å². The van der Waals surface area contributed by atoms with Gasteiger partial charge in [-0.1, -0.05) is 6.58 Å². The quantitative estimate of drug-likeness (QED) is 0.658. The maximum Gasteiger partial charge on any atom is 0.141 e. The normalized spacial score (nSPS) is 8.92. The molecule has 0 aliphatic carbocycles. The van der Waals surface area contributed by atoms with Gasteiger partial charge in [-0.25, -0.2) is 4.98 Å². The standard InChI is InChI=1S/C10H10N2O/c1-3-13-8(2)9-4-5-12-10(6-9)7-11/h4-6H,2-3H2,1H3. The van der Waals surface area contributed by atoms with E-state index >= 15 is 0 Å². The lowest BCUT2D eigenvalue weighted by atomic mass is 10.2. The minimum Gasteiger partial charge on any atom is -0.494 e. The molecule has 0 amide bonds.